The molecule has 0 fully saturated rings. The molecule has 0 radical (unpaired) electrons. The van der Waals surface area contributed by atoms with E-state index in [2.05, 4.69) is 16.0 Å². The molecule has 0 aliphatic rings. The first-order valence-electron chi connectivity index (χ1n) is 13.4. The average Bonchev–Trinajstić information content (AvgIpc) is 3.01. The van der Waals surface area contributed by atoms with Gasteiger partial charge in [0.2, 0.25) is 15.9 Å². The zero-order valence-electron chi connectivity index (χ0n) is 23.5. The molecule has 1 unspecified atom stereocenters. The van der Waals surface area contributed by atoms with Crippen molar-refractivity contribution in [2.45, 2.75) is 28.4 Å². The Balaban J connectivity index is 1.48. The summed E-state index contributed by atoms with van der Waals surface area (Å²) >= 11 is 1.27. The van der Waals surface area contributed by atoms with Gasteiger partial charge in [0.15, 0.2) is 0 Å². The largest absolute Gasteiger partial charge is 0.325 e. The molecular weight excluding hydrogens is 604 g/mol. The van der Waals surface area contributed by atoms with Crippen LogP contribution in [-0.2, 0) is 19.6 Å². The molecule has 0 saturated carbocycles. The van der Waals surface area contributed by atoms with Gasteiger partial charge in [-0.05, 0) is 73.2 Å². The lowest BCUT2D eigenvalue weighted by atomic mass is 10.1. The van der Waals surface area contributed by atoms with E-state index in [0.29, 0.717) is 28.3 Å². The van der Waals surface area contributed by atoms with Crippen LogP contribution in [0.5, 0.6) is 0 Å². The summed E-state index contributed by atoms with van der Waals surface area (Å²) in [6.45, 7) is 1.85. The maximum atomic E-state index is 14.4. The number of sulfonamides is 1. The number of carbonyl (C=O) groups excluding carboxylic acids is 3. The lowest BCUT2D eigenvalue weighted by molar-refractivity contribution is -0.116. The zero-order valence-corrected chi connectivity index (χ0v) is 25.1. The van der Waals surface area contributed by atoms with Gasteiger partial charge in [-0.25, -0.2) is 17.9 Å². The fraction of sp³-hybridized carbons (Fsp3) is 0.0938. The maximum absolute atomic E-state index is 14.4. The number of primary sulfonamides is 1. The van der Waals surface area contributed by atoms with Crippen LogP contribution in [0.3, 0.4) is 0 Å². The molecule has 5 N–H and O–H groups in total. The van der Waals surface area contributed by atoms with Crippen molar-refractivity contribution in [3.8, 4) is 0 Å². The number of hydrogen-bond donors (Lipinski definition) is 4. The highest BCUT2D eigenvalue weighted by atomic mass is 32.2. The SMILES string of the molecule is CCC(Sc1cccc(NC(=O)/C(=C/c2ccccc2F)NC(=O)c2ccccc2)c1)C(=O)Nc1ccc(S(N)(=O)=O)cc1. The highest BCUT2D eigenvalue weighted by Crippen LogP contribution is 2.29. The Morgan fingerprint density at radius 1 is 0.864 bits per heavy atom. The number of hydrogen-bond acceptors (Lipinski definition) is 6. The van der Waals surface area contributed by atoms with Gasteiger partial charge in [0.05, 0.1) is 10.1 Å². The summed E-state index contributed by atoms with van der Waals surface area (Å²) in [4.78, 5) is 39.8. The summed E-state index contributed by atoms with van der Waals surface area (Å²) in [6, 6.07) is 26.5. The van der Waals surface area contributed by atoms with Crippen molar-refractivity contribution >= 4 is 57.0 Å². The predicted octanol–water partition coefficient (Wildman–Crippen LogP) is 5.39. The van der Waals surface area contributed by atoms with Crippen LogP contribution in [0.4, 0.5) is 15.8 Å². The van der Waals surface area contributed by atoms with E-state index in [4.69, 9.17) is 5.14 Å². The van der Waals surface area contributed by atoms with E-state index >= 15 is 0 Å². The molecular formula is C32H29FN4O5S2. The van der Waals surface area contributed by atoms with E-state index in [0.717, 1.165) is 0 Å². The smallest absolute Gasteiger partial charge is 0.272 e. The standard InChI is InChI=1S/C32H29FN4O5S2/c1-2-29(32(40)35-23-15-17-26(18-16-23)44(34,41)42)43-25-13-8-12-24(20-25)36-31(39)28(19-22-11-6-7-14-27(22)33)37-30(38)21-9-4-3-5-10-21/h3-20,29H,2H2,1H3,(H,35,40)(H,36,39)(H,37,38)(H2,34,41,42)/b28-19-. The molecule has 9 nitrogen and oxygen atoms in total. The number of nitrogens with two attached hydrogens (primary N) is 1. The van der Waals surface area contributed by atoms with Crippen molar-refractivity contribution < 1.29 is 27.2 Å². The van der Waals surface area contributed by atoms with Gasteiger partial charge >= 0.3 is 0 Å². The molecule has 3 amide bonds. The minimum Gasteiger partial charge on any atom is -0.325 e. The number of thioether (sulfide) groups is 1. The maximum Gasteiger partial charge on any atom is 0.272 e. The fourth-order valence-corrected chi connectivity index (χ4v) is 5.50. The van der Waals surface area contributed by atoms with Gasteiger partial charge in [0, 0.05) is 27.4 Å². The highest BCUT2D eigenvalue weighted by molar-refractivity contribution is 8.00. The van der Waals surface area contributed by atoms with Crippen LogP contribution in [0.2, 0.25) is 0 Å². The monoisotopic (exact) mass is 632 g/mol. The van der Waals surface area contributed by atoms with E-state index in [1.165, 1.54) is 60.3 Å². The number of rotatable bonds is 11. The van der Waals surface area contributed by atoms with Gasteiger partial charge in [-0.3, -0.25) is 14.4 Å². The Bertz CT molecular complexity index is 1800. The topological polar surface area (TPSA) is 147 Å². The zero-order chi connectivity index (χ0) is 31.7. The molecule has 1 atom stereocenters. The van der Waals surface area contributed by atoms with Crippen LogP contribution in [0.1, 0.15) is 29.3 Å². The fourth-order valence-electron chi connectivity index (χ4n) is 3.97. The molecule has 0 heterocycles. The quantitative estimate of drug-likeness (QED) is 0.129. The first kappa shape index (κ1) is 32.1. The van der Waals surface area contributed by atoms with Gasteiger partial charge in [-0.15, -0.1) is 11.8 Å². The Morgan fingerprint density at radius 2 is 1.55 bits per heavy atom. The lowest BCUT2D eigenvalue weighted by Gasteiger charge is -2.16. The van der Waals surface area contributed by atoms with Crippen molar-refractivity contribution in [2.75, 3.05) is 10.6 Å². The number of halogens is 1. The molecule has 4 rings (SSSR count). The van der Waals surface area contributed by atoms with E-state index in [1.807, 2.05) is 6.92 Å². The van der Waals surface area contributed by atoms with Gasteiger partial charge in [-0.2, -0.15) is 0 Å². The number of amides is 3. The molecule has 0 spiro atoms. The molecule has 4 aromatic rings. The molecule has 4 aromatic carbocycles. The Morgan fingerprint density at radius 3 is 2.20 bits per heavy atom. The summed E-state index contributed by atoms with van der Waals surface area (Å²) in [6.07, 6.45) is 1.74. The van der Waals surface area contributed by atoms with Crippen molar-refractivity contribution in [3.63, 3.8) is 0 Å². The number of carbonyl (C=O) groups is 3. The Labute approximate surface area is 258 Å². The minimum absolute atomic E-state index is 0.0673. The number of nitrogens with one attached hydrogen (secondary N) is 3. The Kier molecular flexibility index (Phi) is 10.7. The number of benzene rings is 4. The average molecular weight is 633 g/mol. The molecule has 44 heavy (non-hydrogen) atoms. The van der Waals surface area contributed by atoms with Gasteiger partial charge < -0.3 is 16.0 Å². The third-order valence-electron chi connectivity index (χ3n) is 6.22. The third-order valence-corrected chi connectivity index (χ3v) is 8.50. The van der Waals surface area contributed by atoms with Gasteiger partial charge in [-0.1, -0.05) is 49.4 Å². The minimum atomic E-state index is -3.85. The van der Waals surface area contributed by atoms with Crippen LogP contribution < -0.4 is 21.1 Å². The van der Waals surface area contributed by atoms with Crippen molar-refractivity contribution in [1.82, 2.24) is 5.32 Å². The molecule has 0 aliphatic carbocycles. The van der Waals surface area contributed by atoms with Crippen LogP contribution in [0, 0.1) is 5.82 Å². The molecule has 0 saturated heterocycles. The molecule has 0 bridgehead atoms. The second kappa shape index (κ2) is 14.6. The summed E-state index contributed by atoms with van der Waals surface area (Å²) in [7, 11) is -3.85. The van der Waals surface area contributed by atoms with E-state index in [9.17, 15) is 27.2 Å². The van der Waals surface area contributed by atoms with Crippen LogP contribution in [0.15, 0.2) is 119 Å². The first-order valence-corrected chi connectivity index (χ1v) is 15.8. The summed E-state index contributed by atoms with van der Waals surface area (Å²) in [5.74, 6) is -2.07. The molecule has 0 aromatic heterocycles. The van der Waals surface area contributed by atoms with Crippen LogP contribution in [0.25, 0.3) is 6.08 Å². The van der Waals surface area contributed by atoms with E-state index in [1.54, 1.807) is 60.7 Å². The molecule has 0 aliphatic heterocycles. The predicted molar refractivity (Wildman–Crippen MR) is 170 cm³/mol. The normalized spacial score (nSPS) is 12.2. The first-order chi connectivity index (χ1) is 21.0. The molecule has 12 heteroatoms. The van der Waals surface area contributed by atoms with Crippen LogP contribution in [-0.4, -0.2) is 31.4 Å². The Hall–Kier alpha value is -4.78. The van der Waals surface area contributed by atoms with Gasteiger partial charge in [0.25, 0.3) is 11.8 Å². The number of anilines is 2. The van der Waals surface area contributed by atoms with Crippen molar-refractivity contribution in [2.24, 2.45) is 5.14 Å². The van der Waals surface area contributed by atoms with E-state index in [-0.39, 0.29) is 22.1 Å². The third kappa shape index (κ3) is 8.86. The summed E-state index contributed by atoms with van der Waals surface area (Å²) in [5, 5.41) is 12.7. The second-order valence-electron chi connectivity index (χ2n) is 9.46. The van der Waals surface area contributed by atoms with Crippen LogP contribution >= 0.6 is 11.8 Å². The summed E-state index contributed by atoms with van der Waals surface area (Å²) in [5.41, 5.74) is 1.08. The van der Waals surface area contributed by atoms with Crippen molar-refractivity contribution in [3.05, 3.63) is 126 Å². The van der Waals surface area contributed by atoms with Crippen molar-refractivity contribution in [1.29, 1.82) is 0 Å². The van der Waals surface area contributed by atoms with E-state index < -0.39 is 32.9 Å². The highest BCUT2D eigenvalue weighted by Gasteiger charge is 2.20. The summed E-state index contributed by atoms with van der Waals surface area (Å²) < 4.78 is 37.4. The lowest BCUT2D eigenvalue weighted by Crippen LogP contribution is -2.30. The van der Waals surface area contributed by atoms with Gasteiger partial charge in [0.1, 0.15) is 11.5 Å². The molecule has 226 valence electrons. The second-order valence-corrected chi connectivity index (χ2v) is 12.3.